The number of halogens is 1. The van der Waals surface area contributed by atoms with E-state index in [-0.39, 0.29) is 0 Å². The normalized spacial score (nSPS) is 21.9. The van der Waals surface area contributed by atoms with E-state index in [0.29, 0.717) is 12.8 Å². The maximum atomic E-state index is 13.0. The van der Waals surface area contributed by atoms with Gasteiger partial charge in [-0.2, -0.15) is 0 Å². The molecule has 0 saturated carbocycles. The van der Waals surface area contributed by atoms with Crippen molar-refractivity contribution < 1.29 is 4.39 Å². The summed E-state index contributed by atoms with van der Waals surface area (Å²) >= 11 is 0. The lowest BCUT2D eigenvalue weighted by Crippen LogP contribution is -2.14. The van der Waals surface area contributed by atoms with Gasteiger partial charge >= 0.3 is 0 Å². The molecule has 2 rings (SSSR count). The Bertz CT molecular complexity index is 296. The summed E-state index contributed by atoms with van der Waals surface area (Å²) in [6.07, 6.45) is 1.40. The molecule has 0 saturated heterocycles. The molecule has 0 aliphatic heterocycles. The summed E-state index contributed by atoms with van der Waals surface area (Å²) in [7, 11) is 0. The molecule has 2 N–H and O–H groups in total. The van der Waals surface area contributed by atoms with Gasteiger partial charge in [0.15, 0.2) is 0 Å². The van der Waals surface area contributed by atoms with Crippen LogP contribution in [0.4, 0.5) is 10.1 Å². The number of benzene rings is 1. The third kappa shape index (κ3) is 1.29. The molecule has 1 aliphatic rings. The summed E-state index contributed by atoms with van der Waals surface area (Å²) < 4.78 is 13.0. The van der Waals surface area contributed by atoms with Crippen molar-refractivity contribution in [3.63, 3.8) is 0 Å². The highest BCUT2D eigenvalue weighted by Gasteiger charge is 2.17. The fourth-order valence-electron chi connectivity index (χ4n) is 1.73. The van der Waals surface area contributed by atoms with Gasteiger partial charge in [-0.25, -0.2) is 4.39 Å². The van der Waals surface area contributed by atoms with E-state index in [2.05, 4.69) is 0 Å². The van der Waals surface area contributed by atoms with Crippen LogP contribution in [0.15, 0.2) is 18.2 Å². The monoisotopic (exact) mass is 165 g/mol. The molecule has 2 heteroatoms. The fourth-order valence-corrected chi connectivity index (χ4v) is 1.73. The summed E-state index contributed by atoms with van der Waals surface area (Å²) in [5, 5.41) is 0. The number of nitrogen functional groups attached to an aromatic ring is 1. The smallest absolute Gasteiger partial charge is 0.104 e. The molecular weight excluding hydrogens is 153 g/mol. The molecule has 1 aliphatic carbocycles. The van der Waals surface area contributed by atoms with Crippen molar-refractivity contribution in [3.05, 3.63) is 29.3 Å². The molecule has 64 valence electrons. The zero-order valence-corrected chi connectivity index (χ0v) is 6.89. The van der Waals surface area contributed by atoms with Crippen molar-refractivity contribution in [3.8, 4) is 0 Å². The van der Waals surface area contributed by atoms with Crippen LogP contribution in [0.2, 0.25) is 0 Å². The molecule has 0 heterocycles. The van der Waals surface area contributed by atoms with Crippen LogP contribution in [-0.4, -0.2) is 6.17 Å². The Balaban J connectivity index is 2.37. The van der Waals surface area contributed by atoms with Gasteiger partial charge < -0.3 is 5.73 Å². The number of aryl methyl sites for hydroxylation is 1. The van der Waals surface area contributed by atoms with Crippen molar-refractivity contribution in [2.24, 2.45) is 0 Å². The van der Waals surface area contributed by atoms with Crippen LogP contribution in [0.3, 0.4) is 0 Å². The molecular formula is C10H12FN. The standard InChI is InChI=1S/C10H12FN/c11-9-3-1-7-2-4-10(12)6-8(7)5-9/h2,4,6,9H,1,3,5,12H2. The van der Waals surface area contributed by atoms with Crippen molar-refractivity contribution in [1.29, 1.82) is 0 Å². The number of hydrogen-bond donors (Lipinski definition) is 1. The van der Waals surface area contributed by atoms with Gasteiger partial charge in [0.1, 0.15) is 6.17 Å². The van der Waals surface area contributed by atoms with Crippen LogP contribution in [0.25, 0.3) is 0 Å². The molecule has 1 nitrogen and oxygen atoms in total. The van der Waals surface area contributed by atoms with Crippen LogP contribution in [0.1, 0.15) is 17.5 Å². The van der Waals surface area contributed by atoms with E-state index in [1.54, 1.807) is 0 Å². The largest absolute Gasteiger partial charge is 0.399 e. The second kappa shape index (κ2) is 2.77. The number of nitrogens with two attached hydrogens (primary N) is 1. The quantitative estimate of drug-likeness (QED) is 0.585. The minimum Gasteiger partial charge on any atom is -0.399 e. The molecule has 0 amide bonds. The minimum absolute atomic E-state index is 0.542. The van der Waals surface area contributed by atoms with E-state index in [9.17, 15) is 4.39 Å². The average molecular weight is 165 g/mol. The lowest BCUT2D eigenvalue weighted by Gasteiger charge is -2.18. The van der Waals surface area contributed by atoms with E-state index < -0.39 is 6.17 Å². The van der Waals surface area contributed by atoms with Crippen molar-refractivity contribution >= 4 is 5.69 Å². The second-order valence-corrected chi connectivity index (χ2v) is 3.37. The Hall–Kier alpha value is -1.05. The first-order valence-electron chi connectivity index (χ1n) is 4.27. The SMILES string of the molecule is Nc1ccc2c(c1)CC(F)CC2. The van der Waals surface area contributed by atoms with Gasteiger partial charge in [-0.15, -0.1) is 0 Å². The summed E-state index contributed by atoms with van der Waals surface area (Å²) in [5.74, 6) is 0. The topological polar surface area (TPSA) is 26.0 Å². The number of hydrogen-bond acceptors (Lipinski definition) is 1. The molecule has 1 aromatic carbocycles. The maximum absolute atomic E-state index is 13.0. The van der Waals surface area contributed by atoms with Crippen LogP contribution in [0, 0.1) is 0 Å². The van der Waals surface area contributed by atoms with E-state index in [1.807, 2.05) is 18.2 Å². The molecule has 1 atom stereocenters. The summed E-state index contributed by atoms with van der Waals surface area (Å²) in [6, 6.07) is 5.79. The first kappa shape index (κ1) is 7.59. The van der Waals surface area contributed by atoms with Gasteiger partial charge in [-0.05, 0) is 36.1 Å². The van der Waals surface area contributed by atoms with Crippen LogP contribution >= 0.6 is 0 Å². The van der Waals surface area contributed by atoms with Gasteiger partial charge in [0.25, 0.3) is 0 Å². The Morgan fingerprint density at radius 3 is 3.00 bits per heavy atom. The Morgan fingerprint density at radius 1 is 1.33 bits per heavy atom. The summed E-state index contributed by atoms with van der Waals surface area (Å²) in [5.41, 5.74) is 8.70. The number of rotatable bonds is 0. The first-order valence-corrected chi connectivity index (χ1v) is 4.27. The van der Waals surface area contributed by atoms with Crippen LogP contribution in [0.5, 0.6) is 0 Å². The van der Waals surface area contributed by atoms with Gasteiger partial charge in [0, 0.05) is 12.1 Å². The number of anilines is 1. The third-order valence-corrected chi connectivity index (χ3v) is 2.40. The second-order valence-electron chi connectivity index (χ2n) is 3.37. The highest BCUT2D eigenvalue weighted by Crippen LogP contribution is 2.24. The molecule has 0 spiro atoms. The van der Waals surface area contributed by atoms with Crippen LogP contribution < -0.4 is 5.73 Å². The molecule has 1 unspecified atom stereocenters. The highest BCUT2D eigenvalue weighted by molar-refractivity contribution is 5.45. The van der Waals surface area contributed by atoms with E-state index in [1.165, 1.54) is 5.56 Å². The molecule has 1 aromatic rings. The van der Waals surface area contributed by atoms with Gasteiger partial charge in [0.2, 0.25) is 0 Å². The predicted octanol–water partition coefficient (Wildman–Crippen LogP) is 2.10. The van der Waals surface area contributed by atoms with Gasteiger partial charge in [0.05, 0.1) is 0 Å². The van der Waals surface area contributed by atoms with Gasteiger partial charge in [-0.3, -0.25) is 0 Å². The predicted molar refractivity (Wildman–Crippen MR) is 47.8 cm³/mol. The Morgan fingerprint density at radius 2 is 2.17 bits per heavy atom. The van der Waals surface area contributed by atoms with Crippen LogP contribution in [-0.2, 0) is 12.8 Å². The number of alkyl halides is 1. The first-order chi connectivity index (χ1) is 5.75. The summed E-state index contributed by atoms with van der Waals surface area (Å²) in [6.45, 7) is 0. The molecule has 0 bridgehead atoms. The zero-order chi connectivity index (χ0) is 8.55. The van der Waals surface area contributed by atoms with Crippen molar-refractivity contribution in [2.45, 2.75) is 25.4 Å². The number of fused-ring (bicyclic) bond motifs is 1. The van der Waals surface area contributed by atoms with E-state index in [4.69, 9.17) is 5.73 Å². The summed E-state index contributed by atoms with van der Waals surface area (Å²) in [4.78, 5) is 0. The molecule has 12 heavy (non-hydrogen) atoms. The Kier molecular flexibility index (Phi) is 1.75. The van der Waals surface area contributed by atoms with Crippen molar-refractivity contribution in [1.82, 2.24) is 0 Å². The van der Waals surface area contributed by atoms with E-state index >= 15 is 0 Å². The average Bonchev–Trinajstić information content (AvgIpc) is 2.03. The molecule has 0 fully saturated rings. The zero-order valence-electron chi connectivity index (χ0n) is 6.89. The lowest BCUT2D eigenvalue weighted by atomic mass is 9.90. The fraction of sp³-hybridized carbons (Fsp3) is 0.400. The lowest BCUT2D eigenvalue weighted by molar-refractivity contribution is 0.301. The molecule has 0 aromatic heterocycles. The third-order valence-electron chi connectivity index (χ3n) is 2.40. The van der Waals surface area contributed by atoms with Crippen molar-refractivity contribution in [2.75, 3.05) is 5.73 Å². The van der Waals surface area contributed by atoms with Gasteiger partial charge in [-0.1, -0.05) is 6.07 Å². The maximum Gasteiger partial charge on any atom is 0.104 e. The minimum atomic E-state index is -0.667. The Labute approximate surface area is 71.4 Å². The highest BCUT2D eigenvalue weighted by atomic mass is 19.1. The molecule has 0 radical (unpaired) electrons. The van der Waals surface area contributed by atoms with E-state index in [0.717, 1.165) is 17.7 Å².